The molecule has 12 heteroatoms. The molecular formula is C36H46N8O4. The van der Waals surface area contributed by atoms with Gasteiger partial charge in [0.2, 0.25) is 5.91 Å². The molecule has 3 saturated heterocycles. The molecule has 254 valence electrons. The molecule has 1 amide bonds. The summed E-state index contributed by atoms with van der Waals surface area (Å²) in [4.78, 5) is 22.2. The summed E-state index contributed by atoms with van der Waals surface area (Å²) in [6.07, 6.45) is 6.81. The first-order chi connectivity index (χ1) is 23.4. The number of carbonyl (C=O) groups excluding carboxylic acids is 1. The lowest BCUT2D eigenvalue weighted by molar-refractivity contribution is -0.111. The van der Waals surface area contributed by atoms with Crippen molar-refractivity contribution in [1.29, 1.82) is 0 Å². The number of anilines is 3. The summed E-state index contributed by atoms with van der Waals surface area (Å²) in [6.45, 7) is 7.14. The number of aliphatic hydroxyl groups excluding tert-OH is 1. The summed E-state index contributed by atoms with van der Waals surface area (Å²) in [6, 6.07) is 18.5. The van der Waals surface area contributed by atoms with E-state index in [1.165, 1.54) is 6.08 Å². The lowest BCUT2D eigenvalue weighted by Gasteiger charge is -2.41. The normalized spacial score (nSPS) is 20.9. The minimum atomic E-state index is -0.371. The largest absolute Gasteiger partial charge is 0.494 e. The lowest BCUT2D eigenvalue weighted by Crippen LogP contribution is -2.49. The van der Waals surface area contributed by atoms with E-state index < -0.39 is 0 Å². The maximum absolute atomic E-state index is 12.5. The van der Waals surface area contributed by atoms with Crippen molar-refractivity contribution in [1.82, 2.24) is 10.3 Å². The van der Waals surface area contributed by atoms with E-state index in [1.807, 2.05) is 54.6 Å². The van der Waals surface area contributed by atoms with Gasteiger partial charge >= 0.3 is 0 Å². The van der Waals surface area contributed by atoms with Gasteiger partial charge in [0.1, 0.15) is 17.4 Å². The number of nitrogens with two attached hydrogens (primary N) is 2. The van der Waals surface area contributed by atoms with Crippen LogP contribution in [0.2, 0.25) is 0 Å². The standard InChI is InChI=1S/C36H46N8O4/c1-3-36(46)41-30-18-31(33(47-2)19-32(30)43-14-11-24(12-15-43)44-21-26-17-25(44)22-48-26)40-35(42-38)20-34(37)39-29(13-16-45)28-10-6-8-23-7-4-5-9-27(23)28/h3-10,18-20,24-26,29,40,42,45H,1,11-17,21-22,38H2,2H3,(H2,37,39)(H,41,46)/b35-20-/t25-,26-,29-/m1/s1. The van der Waals surface area contributed by atoms with Crippen LogP contribution < -0.4 is 37.3 Å². The molecule has 12 nitrogen and oxygen atoms in total. The van der Waals surface area contributed by atoms with E-state index in [9.17, 15) is 9.90 Å². The molecule has 0 saturated carbocycles. The zero-order valence-electron chi connectivity index (χ0n) is 27.4. The molecule has 2 bridgehead atoms. The molecule has 0 unspecified atom stereocenters. The van der Waals surface area contributed by atoms with Crippen LogP contribution in [0.1, 0.15) is 37.3 Å². The number of rotatable bonds is 13. The number of benzene rings is 3. The third-order valence-corrected chi connectivity index (χ3v) is 9.58. The van der Waals surface area contributed by atoms with Gasteiger partial charge < -0.3 is 41.3 Å². The Balaban J connectivity index is 1.24. The highest BCUT2D eigenvalue weighted by Gasteiger charge is 2.42. The number of amidine groups is 1. The average Bonchev–Trinajstić information content (AvgIpc) is 3.75. The molecule has 0 radical (unpaired) electrons. The number of hydrazine groups is 1. The number of carbonyl (C=O) groups is 1. The number of likely N-dealkylation sites (tertiary alicyclic amines) is 1. The predicted molar refractivity (Wildman–Crippen MR) is 191 cm³/mol. The molecule has 6 rings (SSSR count). The van der Waals surface area contributed by atoms with Gasteiger partial charge in [0, 0.05) is 50.5 Å². The molecule has 3 heterocycles. The van der Waals surface area contributed by atoms with Crippen LogP contribution in [0, 0.1) is 0 Å². The topological polar surface area (TPSA) is 163 Å². The number of nitrogens with zero attached hydrogens (tertiary/aromatic N) is 3. The van der Waals surface area contributed by atoms with Crippen LogP contribution in [-0.2, 0) is 9.53 Å². The Bertz CT molecular complexity index is 1680. The smallest absolute Gasteiger partial charge is 0.247 e. The number of nitrogens with one attached hydrogen (secondary N) is 3. The van der Waals surface area contributed by atoms with Crippen molar-refractivity contribution in [3.05, 3.63) is 84.7 Å². The van der Waals surface area contributed by atoms with E-state index in [0.29, 0.717) is 47.6 Å². The Morgan fingerprint density at radius 2 is 1.94 bits per heavy atom. The molecule has 0 aromatic heterocycles. The zero-order chi connectivity index (χ0) is 33.6. The van der Waals surface area contributed by atoms with Crippen LogP contribution in [0.15, 0.2) is 84.1 Å². The summed E-state index contributed by atoms with van der Waals surface area (Å²) in [5, 5.41) is 18.2. The first-order valence-electron chi connectivity index (χ1n) is 16.6. The van der Waals surface area contributed by atoms with Gasteiger partial charge in [-0.25, -0.2) is 5.84 Å². The second-order valence-corrected chi connectivity index (χ2v) is 12.5. The van der Waals surface area contributed by atoms with Gasteiger partial charge in [-0.1, -0.05) is 49.0 Å². The molecule has 48 heavy (non-hydrogen) atoms. The minimum Gasteiger partial charge on any atom is -0.494 e. The van der Waals surface area contributed by atoms with Crippen LogP contribution in [0.25, 0.3) is 10.8 Å². The number of piperidine rings is 1. The van der Waals surface area contributed by atoms with Gasteiger partial charge in [0.05, 0.1) is 42.9 Å². The number of hydrogen-bond acceptors (Lipinski definition) is 10. The third-order valence-electron chi connectivity index (χ3n) is 9.58. The van der Waals surface area contributed by atoms with Crippen LogP contribution in [0.4, 0.5) is 17.1 Å². The Hall–Kier alpha value is -4.62. The van der Waals surface area contributed by atoms with Crippen LogP contribution in [-0.4, -0.2) is 79.9 Å². The SMILES string of the molecule is C=CC(=O)Nc1cc(N/C(=C/C(N)=N[C@H](CCO)c2cccc3ccccc23)NN)c(OC)cc1N1CCC(N2C[C@H]3C[C@@H]2CO3)CC1. The maximum Gasteiger partial charge on any atom is 0.247 e. The van der Waals surface area contributed by atoms with E-state index in [1.54, 1.807) is 13.2 Å². The molecule has 3 aliphatic rings. The summed E-state index contributed by atoms with van der Waals surface area (Å²) in [7, 11) is 1.60. The van der Waals surface area contributed by atoms with Gasteiger partial charge in [-0.2, -0.15) is 0 Å². The van der Waals surface area contributed by atoms with Gasteiger partial charge in [0.15, 0.2) is 0 Å². The molecule has 0 spiro atoms. The van der Waals surface area contributed by atoms with Gasteiger partial charge in [-0.05, 0) is 54.2 Å². The number of methoxy groups -OCH3 is 1. The van der Waals surface area contributed by atoms with Crippen LogP contribution >= 0.6 is 0 Å². The Labute approximate surface area is 281 Å². The van der Waals surface area contributed by atoms with E-state index >= 15 is 0 Å². The van der Waals surface area contributed by atoms with E-state index in [2.05, 4.69) is 32.4 Å². The van der Waals surface area contributed by atoms with Gasteiger partial charge in [0.25, 0.3) is 0 Å². The Morgan fingerprint density at radius 3 is 2.62 bits per heavy atom. The third kappa shape index (κ3) is 7.26. The zero-order valence-corrected chi connectivity index (χ0v) is 27.4. The van der Waals surface area contributed by atoms with Gasteiger partial charge in [-0.15, -0.1) is 0 Å². The lowest BCUT2D eigenvalue weighted by atomic mass is 9.97. The van der Waals surface area contributed by atoms with Crippen molar-refractivity contribution in [2.24, 2.45) is 16.6 Å². The maximum atomic E-state index is 12.5. The molecule has 3 fully saturated rings. The van der Waals surface area contributed by atoms with Crippen LogP contribution in [0.5, 0.6) is 5.75 Å². The number of morpholine rings is 1. The highest BCUT2D eigenvalue weighted by atomic mass is 16.5. The van der Waals surface area contributed by atoms with E-state index in [-0.39, 0.29) is 24.4 Å². The fourth-order valence-corrected chi connectivity index (χ4v) is 7.27. The molecule has 0 aliphatic carbocycles. The monoisotopic (exact) mass is 654 g/mol. The van der Waals surface area contributed by atoms with Crippen molar-refractivity contribution in [3.63, 3.8) is 0 Å². The number of aliphatic hydroxyl groups is 1. The fraction of sp³-hybridized carbons (Fsp3) is 0.389. The predicted octanol–water partition coefficient (Wildman–Crippen LogP) is 3.61. The number of amides is 1. The minimum absolute atomic E-state index is 0.0523. The second kappa shape index (κ2) is 15.1. The molecule has 8 N–H and O–H groups in total. The average molecular weight is 655 g/mol. The van der Waals surface area contributed by atoms with Crippen molar-refractivity contribution in [2.75, 3.05) is 55.5 Å². The first kappa shape index (κ1) is 33.3. The second-order valence-electron chi connectivity index (χ2n) is 12.5. The first-order valence-corrected chi connectivity index (χ1v) is 16.6. The highest BCUT2D eigenvalue weighted by Crippen LogP contribution is 2.40. The fourth-order valence-electron chi connectivity index (χ4n) is 7.27. The number of fused-ring (bicyclic) bond motifs is 3. The summed E-state index contributed by atoms with van der Waals surface area (Å²) in [5.74, 6) is 6.74. The Morgan fingerprint density at radius 1 is 1.15 bits per heavy atom. The van der Waals surface area contributed by atoms with E-state index in [4.69, 9.17) is 26.0 Å². The molecule has 3 aromatic rings. The highest BCUT2D eigenvalue weighted by molar-refractivity contribution is 6.02. The van der Waals surface area contributed by atoms with Crippen molar-refractivity contribution in [3.8, 4) is 5.75 Å². The number of ether oxygens (including phenoxy) is 2. The molecular weight excluding hydrogens is 608 g/mol. The molecule has 3 aliphatic heterocycles. The summed E-state index contributed by atoms with van der Waals surface area (Å²) >= 11 is 0. The van der Waals surface area contributed by atoms with E-state index in [0.717, 1.165) is 67.5 Å². The number of hydrogen-bond donors (Lipinski definition) is 6. The quantitative estimate of drug-likeness (QED) is 0.0528. The number of aliphatic imine (C=N–C) groups is 1. The summed E-state index contributed by atoms with van der Waals surface area (Å²) < 4.78 is 11.6. The summed E-state index contributed by atoms with van der Waals surface area (Å²) in [5.41, 5.74) is 12.1. The van der Waals surface area contributed by atoms with Crippen molar-refractivity contribution < 1.29 is 19.4 Å². The Kier molecular flexibility index (Phi) is 10.5. The van der Waals surface area contributed by atoms with Crippen molar-refractivity contribution in [2.45, 2.75) is 49.9 Å². The molecule has 3 aromatic carbocycles. The van der Waals surface area contributed by atoms with Crippen molar-refractivity contribution >= 4 is 39.6 Å². The van der Waals surface area contributed by atoms with Gasteiger partial charge in [-0.3, -0.25) is 14.7 Å². The molecule has 3 atom stereocenters. The van der Waals surface area contributed by atoms with Crippen LogP contribution in [0.3, 0.4) is 0 Å².